The Morgan fingerprint density at radius 2 is 1.70 bits per heavy atom. The van der Waals surface area contributed by atoms with Crippen LogP contribution in [0.4, 0.5) is 8.78 Å². The van der Waals surface area contributed by atoms with Crippen molar-refractivity contribution in [2.75, 3.05) is 0 Å². The van der Waals surface area contributed by atoms with Crippen molar-refractivity contribution >= 4 is 13.9 Å². The maximum Gasteiger partial charge on any atom is 0.270 e. The average Bonchev–Trinajstić information content (AvgIpc) is 3.35. The van der Waals surface area contributed by atoms with Crippen LogP contribution in [0.5, 0.6) is 0 Å². The quantitative estimate of drug-likeness (QED) is 0.337. The second-order valence-corrected chi connectivity index (χ2v) is 19.5. The van der Waals surface area contributed by atoms with Crippen LogP contribution in [0.2, 0.25) is 18.1 Å². The van der Waals surface area contributed by atoms with Gasteiger partial charge in [0.1, 0.15) is 6.10 Å². The van der Waals surface area contributed by atoms with Crippen molar-refractivity contribution in [3.8, 4) is 0 Å². The standard InChI is InChI=1S/C34H49F2NO2Si/c1-21(2)30-29(31(38)23-15-17-24(18-16-23)34(8,35)36)27(22-13-11-12-14-22)28-25(37-30)19-33(6,7)20-26(28)39-40(9,10)32(3,4)5/h13,15-18,21,26,31,38H,11-12,14,19-20H2,1-10H3/t26-,31+/m0/s1. The third-order valence-electron chi connectivity index (χ3n) is 9.25. The molecule has 2 aliphatic carbocycles. The second kappa shape index (κ2) is 10.7. The maximum atomic E-state index is 14.0. The van der Waals surface area contributed by atoms with E-state index in [-0.39, 0.29) is 28.0 Å². The first-order valence-corrected chi connectivity index (χ1v) is 17.8. The first kappa shape index (κ1) is 31.1. The van der Waals surface area contributed by atoms with Crippen molar-refractivity contribution in [3.05, 3.63) is 69.5 Å². The van der Waals surface area contributed by atoms with Gasteiger partial charge in [-0.15, -0.1) is 0 Å². The van der Waals surface area contributed by atoms with Crippen LogP contribution in [-0.4, -0.2) is 18.4 Å². The zero-order chi connectivity index (χ0) is 29.8. The molecule has 0 spiro atoms. The summed E-state index contributed by atoms with van der Waals surface area (Å²) < 4.78 is 35.1. The average molecular weight is 570 g/mol. The SMILES string of the molecule is CC(C)c1nc2c(c(C3=CCCC3)c1[C@H](O)c1ccc(C(C)(F)F)cc1)[C@@H](O[Si](C)(C)C(C)(C)C)CC(C)(C)C2. The number of rotatable bonds is 7. The number of aliphatic hydroxyl groups excluding tert-OH is 1. The van der Waals surface area contributed by atoms with E-state index in [2.05, 4.69) is 67.6 Å². The number of hydrogen-bond donors (Lipinski definition) is 1. The molecule has 1 aromatic carbocycles. The number of aliphatic hydroxyl groups is 1. The van der Waals surface area contributed by atoms with Gasteiger partial charge in [0, 0.05) is 35.0 Å². The van der Waals surface area contributed by atoms with Gasteiger partial charge in [0.2, 0.25) is 0 Å². The number of nitrogens with zero attached hydrogens (tertiary/aromatic N) is 1. The van der Waals surface area contributed by atoms with Crippen LogP contribution in [0.25, 0.3) is 5.57 Å². The van der Waals surface area contributed by atoms with Gasteiger partial charge in [-0.05, 0) is 78.3 Å². The smallest absolute Gasteiger partial charge is 0.270 e. The van der Waals surface area contributed by atoms with Gasteiger partial charge in [-0.25, -0.2) is 8.78 Å². The van der Waals surface area contributed by atoms with Crippen molar-refractivity contribution in [1.29, 1.82) is 0 Å². The van der Waals surface area contributed by atoms with E-state index in [0.717, 1.165) is 67.1 Å². The highest BCUT2D eigenvalue weighted by atomic mass is 28.4. The van der Waals surface area contributed by atoms with Crippen molar-refractivity contribution in [2.45, 2.75) is 130 Å². The Bertz CT molecular complexity index is 1270. The number of aromatic nitrogens is 1. The van der Waals surface area contributed by atoms with E-state index in [0.29, 0.717) is 5.56 Å². The summed E-state index contributed by atoms with van der Waals surface area (Å²) in [6.07, 6.45) is 6.02. The number of fused-ring (bicyclic) bond motifs is 1. The third-order valence-corrected chi connectivity index (χ3v) is 13.7. The predicted molar refractivity (Wildman–Crippen MR) is 163 cm³/mol. The van der Waals surface area contributed by atoms with Gasteiger partial charge >= 0.3 is 0 Å². The number of alkyl halides is 2. The van der Waals surface area contributed by atoms with E-state index >= 15 is 0 Å². The predicted octanol–water partition coefficient (Wildman–Crippen LogP) is 10.0. The largest absolute Gasteiger partial charge is 0.410 e. The van der Waals surface area contributed by atoms with Gasteiger partial charge in [-0.2, -0.15) is 0 Å². The molecule has 4 rings (SSSR count). The van der Waals surface area contributed by atoms with Gasteiger partial charge in [0.15, 0.2) is 8.32 Å². The number of allylic oxidation sites excluding steroid dienone is 2. The first-order chi connectivity index (χ1) is 18.3. The summed E-state index contributed by atoms with van der Waals surface area (Å²) in [6, 6.07) is 6.14. The molecule has 6 heteroatoms. The molecule has 0 aliphatic heterocycles. The molecule has 3 nitrogen and oxygen atoms in total. The molecule has 0 radical (unpaired) electrons. The van der Waals surface area contributed by atoms with Gasteiger partial charge in [0.05, 0.1) is 6.10 Å². The molecule has 2 aromatic rings. The number of pyridine rings is 1. The van der Waals surface area contributed by atoms with Crippen molar-refractivity contribution < 1.29 is 18.3 Å². The summed E-state index contributed by atoms with van der Waals surface area (Å²) in [6.45, 7) is 21.2. The van der Waals surface area contributed by atoms with Crippen LogP contribution in [0, 0.1) is 5.41 Å². The summed E-state index contributed by atoms with van der Waals surface area (Å²) in [7, 11) is -2.13. The molecular formula is C34H49F2NO2Si. The molecule has 1 N–H and O–H groups in total. The molecule has 40 heavy (non-hydrogen) atoms. The van der Waals surface area contributed by atoms with E-state index in [1.54, 1.807) is 12.1 Å². The summed E-state index contributed by atoms with van der Waals surface area (Å²) in [5.74, 6) is -2.85. The van der Waals surface area contributed by atoms with Crippen molar-refractivity contribution in [3.63, 3.8) is 0 Å². The summed E-state index contributed by atoms with van der Waals surface area (Å²) in [5, 5.41) is 12.1. The lowest BCUT2D eigenvalue weighted by Gasteiger charge is -2.45. The molecule has 220 valence electrons. The number of halogens is 2. The Morgan fingerprint density at radius 1 is 1.07 bits per heavy atom. The molecule has 0 bridgehead atoms. The number of hydrogen-bond acceptors (Lipinski definition) is 3. The molecule has 2 atom stereocenters. The van der Waals surface area contributed by atoms with E-state index in [9.17, 15) is 13.9 Å². The summed E-state index contributed by atoms with van der Waals surface area (Å²) in [4.78, 5) is 5.31. The summed E-state index contributed by atoms with van der Waals surface area (Å²) in [5.41, 5.74) is 6.89. The Kier molecular flexibility index (Phi) is 8.34. The Balaban J connectivity index is 1.99. The van der Waals surface area contributed by atoms with Crippen LogP contribution in [-0.2, 0) is 16.8 Å². The van der Waals surface area contributed by atoms with Crippen LogP contribution >= 0.6 is 0 Å². The van der Waals surface area contributed by atoms with Crippen LogP contribution < -0.4 is 0 Å². The molecule has 1 aromatic heterocycles. The second-order valence-electron chi connectivity index (χ2n) is 14.7. The molecule has 0 saturated heterocycles. The van der Waals surface area contributed by atoms with Crippen molar-refractivity contribution in [1.82, 2.24) is 4.98 Å². The minimum Gasteiger partial charge on any atom is -0.410 e. The normalized spacial score (nSPS) is 20.4. The topological polar surface area (TPSA) is 42.4 Å². The zero-order valence-electron chi connectivity index (χ0n) is 26.2. The fourth-order valence-electron chi connectivity index (χ4n) is 6.01. The van der Waals surface area contributed by atoms with Gasteiger partial charge < -0.3 is 9.53 Å². The highest BCUT2D eigenvalue weighted by Gasteiger charge is 2.45. The van der Waals surface area contributed by atoms with E-state index in [1.807, 2.05) is 0 Å². The van der Waals surface area contributed by atoms with Gasteiger partial charge in [-0.1, -0.05) is 78.8 Å². The number of benzene rings is 1. The lowest BCUT2D eigenvalue weighted by molar-refractivity contribution is 0.0174. The first-order valence-electron chi connectivity index (χ1n) is 14.9. The van der Waals surface area contributed by atoms with Crippen molar-refractivity contribution in [2.24, 2.45) is 5.41 Å². The Hall–Kier alpha value is -1.89. The third kappa shape index (κ3) is 6.14. The molecule has 0 fully saturated rings. The minimum absolute atomic E-state index is 0.0317. The lowest BCUT2D eigenvalue weighted by Crippen LogP contribution is -2.44. The Morgan fingerprint density at radius 3 is 2.20 bits per heavy atom. The minimum atomic E-state index is -2.93. The maximum absolute atomic E-state index is 14.0. The van der Waals surface area contributed by atoms with Crippen LogP contribution in [0.15, 0.2) is 30.3 Å². The molecular weight excluding hydrogens is 520 g/mol. The highest BCUT2D eigenvalue weighted by molar-refractivity contribution is 6.74. The lowest BCUT2D eigenvalue weighted by atomic mass is 9.71. The van der Waals surface area contributed by atoms with Crippen LogP contribution in [0.1, 0.15) is 138 Å². The monoisotopic (exact) mass is 569 g/mol. The highest BCUT2D eigenvalue weighted by Crippen LogP contribution is 2.52. The van der Waals surface area contributed by atoms with E-state index in [4.69, 9.17) is 9.41 Å². The molecule has 0 unspecified atom stereocenters. The fraction of sp³-hybridized carbons (Fsp3) is 0.618. The molecule has 0 saturated carbocycles. The molecule has 1 heterocycles. The molecule has 2 aliphatic rings. The van der Waals surface area contributed by atoms with Crippen LogP contribution in [0.3, 0.4) is 0 Å². The fourth-order valence-corrected chi connectivity index (χ4v) is 7.28. The van der Waals surface area contributed by atoms with E-state index < -0.39 is 20.3 Å². The summed E-state index contributed by atoms with van der Waals surface area (Å²) >= 11 is 0. The molecule has 0 amide bonds. The Labute approximate surface area is 241 Å². The van der Waals surface area contributed by atoms with E-state index in [1.165, 1.54) is 17.7 Å². The van der Waals surface area contributed by atoms with Gasteiger partial charge in [-0.3, -0.25) is 4.98 Å². The van der Waals surface area contributed by atoms with Gasteiger partial charge in [0.25, 0.3) is 5.92 Å². The zero-order valence-corrected chi connectivity index (χ0v) is 27.2.